The zero-order valence-electron chi connectivity index (χ0n) is 14.0. The Hall–Kier alpha value is -2.57. The molecule has 0 fully saturated rings. The van der Waals surface area contributed by atoms with Crippen molar-refractivity contribution >= 4 is 46.4 Å². The smallest absolute Gasteiger partial charge is 0.338 e. The van der Waals surface area contributed by atoms with Crippen LogP contribution in [-0.4, -0.2) is 27.9 Å². The molecule has 0 aliphatic rings. The van der Waals surface area contributed by atoms with Crippen molar-refractivity contribution in [3.05, 3.63) is 63.5 Å². The Bertz CT molecular complexity index is 997. The summed E-state index contributed by atoms with van der Waals surface area (Å²) in [4.78, 5) is 28.7. The summed E-state index contributed by atoms with van der Waals surface area (Å²) in [5.41, 5.74) is 2.25. The molecular formula is C18H15Cl2N3O3. The molecule has 134 valence electrons. The molecule has 0 aliphatic carbocycles. The summed E-state index contributed by atoms with van der Waals surface area (Å²) in [6.45, 7) is 3.76. The van der Waals surface area contributed by atoms with Crippen molar-refractivity contribution in [1.82, 2.24) is 9.38 Å². The van der Waals surface area contributed by atoms with E-state index in [4.69, 9.17) is 27.9 Å². The highest BCUT2D eigenvalue weighted by molar-refractivity contribution is 6.36. The number of esters is 1. The Morgan fingerprint density at radius 3 is 2.58 bits per heavy atom. The summed E-state index contributed by atoms with van der Waals surface area (Å²) in [5, 5.41) is 3.53. The van der Waals surface area contributed by atoms with Gasteiger partial charge in [-0.15, -0.1) is 0 Å². The summed E-state index contributed by atoms with van der Waals surface area (Å²) in [6.07, 6.45) is 1.58. The Balaban J connectivity index is 1.88. The third-order valence-corrected chi connectivity index (χ3v) is 4.17. The van der Waals surface area contributed by atoms with Crippen LogP contribution in [0.1, 0.15) is 33.5 Å². The van der Waals surface area contributed by atoms with Crippen LogP contribution >= 0.6 is 23.2 Å². The largest absolute Gasteiger partial charge is 0.462 e. The summed E-state index contributed by atoms with van der Waals surface area (Å²) in [5.74, 6) is -0.774. The van der Waals surface area contributed by atoms with Gasteiger partial charge in [-0.05, 0) is 44.2 Å². The number of pyridine rings is 1. The van der Waals surface area contributed by atoms with Crippen LogP contribution in [0.4, 0.5) is 5.69 Å². The fourth-order valence-corrected chi connectivity index (χ4v) is 3.07. The molecule has 0 aliphatic heterocycles. The number of ether oxygens (including phenoxy) is 1. The summed E-state index contributed by atoms with van der Waals surface area (Å²) in [7, 11) is 0. The molecule has 1 amide bonds. The van der Waals surface area contributed by atoms with E-state index in [1.54, 1.807) is 54.8 Å². The number of halogens is 2. The monoisotopic (exact) mass is 391 g/mol. The van der Waals surface area contributed by atoms with E-state index in [0.717, 1.165) is 0 Å². The highest BCUT2D eigenvalue weighted by Gasteiger charge is 2.19. The van der Waals surface area contributed by atoms with E-state index in [1.165, 1.54) is 0 Å². The SMILES string of the molecule is CCOC(=O)c1ccc(NC(=O)c2c(C)nc3c(Cl)cc(Cl)cn23)cc1. The average molecular weight is 392 g/mol. The van der Waals surface area contributed by atoms with Crippen LogP contribution in [0.15, 0.2) is 36.5 Å². The van der Waals surface area contributed by atoms with E-state index < -0.39 is 5.97 Å². The number of benzene rings is 1. The van der Waals surface area contributed by atoms with Crippen LogP contribution < -0.4 is 5.32 Å². The zero-order chi connectivity index (χ0) is 18.8. The van der Waals surface area contributed by atoms with Crippen molar-refractivity contribution in [2.45, 2.75) is 13.8 Å². The molecule has 0 spiro atoms. The van der Waals surface area contributed by atoms with Gasteiger partial charge in [-0.3, -0.25) is 9.20 Å². The zero-order valence-corrected chi connectivity index (χ0v) is 15.6. The first-order valence-corrected chi connectivity index (χ1v) is 8.58. The van der Waals surface area contributed by atoms with Crippen molar-refractivity contribution in [1.29, 1.82) is 0 Å². The van der Waals surface area contributed by atoms with E-state index in [0.29, 0.717) is 44.9 Å². The first-order chi connectivity index (χ1) is 12.4. The molecule has 2 heterocycles. The second-order valence-corrected chi connectivity index (χ2v) is 6.34. The van der Waals surface area contributed by atoms with E-state index >= 15 is 0 Å². The number of hydrogen-bond acceptors (Lipinski definition) is 4. The second kappa shape index (κ2) is 7.35. The van der Waals surface area contributed by atoms with Crippen molar-refractivity contribution in [3.8, 4) is 0 Å². The number of imidazole rings is 1. The number of fused-ring (bicyclic) bond motifs is 1. The minimum Gasteiger partial charge on any atom is -0.462 e. The number of rotatable bonds is 4. The van der Waals surface area contributed by atoms with Crippen LogP contribution in [0.2, 0.25) is 10.0 Å². The lowest BCUT2D eigenvalue weighted by atomic mass is 10.2. The number of aromatic nitrogens is 2. The summed E-state index contributed by atoms with van der Waals surface area (Å²) >= 11 is 12.2. The van der Waals surface area contributed by atoms with Crippen LogP contribution in [0, 0.1) is 6.92 Å². The van der Waals surface area contributed by atoms with Crippen molar-refractivity contribution in [2.75, 3.05) is 11.9 Å². The molecule has 0 bridgehead atoms. The third kappa shape index (κ3) is 3.52. The van der Waals surface area contributed by atoms with Gasteiger partial charge in [0.15, 0.2) is 5.65 Å². The van der Waals surface area contributed by atoms with Gasteiger partial charge in [-0.2, -0.15) is 0 Å². The quantitative estimate of drug-likeness (QED) is 0.669. The Labute approximate surface area is 159 Å². The van der Waals surface area contributed by atoms with Gasteiger partial charge in [0.1, 0.15) is 5.69 Å². The van der Waals surface area contributed by atoms with Crippen LogP contribution in [0.5, 0.6) is 0 Å². The minimum absolute atomic E-state index is 0.302. The first kappa shape index (κ1) is 18.2. The molecule has 1 N–H and O–H groups in total. The van der Waals surface area contributed by atoms with Gasteiger partial charge in [-0.25, -0.2) is 9.78 Å². The highest BCUT2D eigenvalue weighted by Crippen LogP contribution is 2.25. The molecule has 2 aromatic heterocycles. The highest BCUT2D eigenvalue weighted by atomic mass is 35.5. The predicted octanol–water partition coefficient (Wildman–Crippen LogP) is 4.38. The number of nitrogens with zero attached hydrogens (tertiary/aromatic N) is 2. The van der Waals surface area contributed by atoms with Crippen LogP contribution in [0.25, 0.3) is 5.65 Å². The molecule has 0 unspecified atom stereocenters. The third-order valence-electron chi connectivity index (χ3n) is 3.69. The van der Waals surface area contributed by atoms with E-state index in [9.17, 15) is 9.59 Å². The fourth-order valence-electron chi connectivity index (χ4n) is 2.55. The van der Waals surface area contributed by atoms with Crippen LogP contribution in [-0.2, 0) is 4.74 Å². The van der Waals surface area contributed by atoms with Gasteiger partial charge in [0.2, 0.25) is 0 Å². The molecule has 8 heteroatoms. The fraction of sp³-hybridized carbons (Fsp3) is 0.167. The second-order valence-electron chi connectivity index (χ2n) is 5.50. The number of carbonyl (C=O) groups is 2. The van der Waals surface area contributed by atoms with Gasteiger partial charge in [-0.1, -0.05) is 23.2 Å². The number of aryl methyl sites for hydroxylation is 1. The van der Waals surface area contributed by atoms with Gasteiger partial charge in [0.25, 0.3) is 5.91 Å². The summed E-state index contributed by atoms with van der Waals surface area (Å²) in [6, 6.07) is 8.00. The predicted molar refractivity (Wildman–Crippen MR) is 100 cm³/mol. The lowest BCUT2D eigenvalue weighted by Crippen LogP contribution is -2.15. The normalized spacial score (nSPS) is 10.8. The summed E-state index contributed by atoms with van der Waals surface area (Å²) < 4.78 is 6.49. The molecule has 0 saturated carbocycles. The van der Waals surface area contributed by atoms with Crippen molar-refractivity contribution in [2.24, 2.45) is 0 Å². The number of carbonyl (C=O) groups excluding carboxylic acids is 2. The molecule has 3 rings (SSSR count). The molecule has 6 nitrogen and oxygen atoms in total. The van der Waals surface area contributed by atoms with E-state index in [1.807, 2.05) is 0 Å². The maximum atomic E-state index is 12.7. The topological polar surface area (TPSA) is 72.7 Å². The maximum absolute atomic E-state index is 12.7. The molecule has 0 saturated heterocycles. The van der Waals surface area contributed by atoms with E-state index in [-0.39, 0.29) is 5.91 Å². The number of amides is 1. The first-order valence-electron chi connectivity index (χ1n) is 7.83. The van der Waals surface area contributed by atoms with Gasteiger partial charge < -0.3 is 10.1 Å². The molecule has 26 heavy (non-hydrogen) atoms. The molecule has 3 aromatic rings. The lowest BCUT2D eigenvalue weighted by Gasteiger charge is -2.08. The standard InChI is InChI=1S/C18H15Cl2N3O3/c1-3-26-18(25)11-4-6-13(7-5-11)22-17(24)15-10(2)21-16-14(20)8-12(19)9-23(15)16/h4-9H,3H2,1-2H3,(H,22,24). The molecule has 0 radical (unpaired) electrons. The Kier molecular flexibility index (Phi) is 5.15. The average Bonchev–Trinajstić information content (AvgIpc) is 2.92. The molecular weight excluding hydrogens is 377 g/mol. The molecule has 0 atom stereocenters. The Morgan fingerprint density at radius 1 is 1.23 bits per heavy atom. The van der Waals surface area contributed by atoms with Gasteiger partial charge in [0, 0.05) is 11.9 Å². The van der Waals surface area contributed by atoms with Gasteiger partial charge in [0.05, 0.1) is 27.9 Å². The van der Waals surface area contributed by atoms with Crippen molar-refractivity contribution in [3.63, 3.8) is 0 Å². The number of anilines is 1. The molecule has 1 aromatic carbocycles. The lowest BCUT2D eigenvalue weighted by molar-refractivity contribution is 0.0526. The maximum Gasteiger partial charge on any atom is 0.338 e. The minimum atomic E-state index is -0.410. The van der Waals surface area contributed by atoms with Gasteiger partial charge >= 0.3 is 5.97 Å². The Morgan fingerprint density at radius 2 is 1.92 bits per heavy atom. The number of hydrogen-bond donors (Lipinski definition) is 1. The van der Waals surface area contributed by atoms with Crippen LogP contribution in [0.3, 0.4) is 0 Å². The van der Waals surface area contributed by atoms with Crippen molar-refractivity contribution < 1.29 is 14.3 Å². The van der Waals surface area contributed by atoms with E-state index in [2.05, 4.69) is 10.3 Å². The number of nitrogens with one attached hydrogen (secondary N) is 1.